The summed E-state index contributed by atoms with van der Waals surface area (Å²) in [6.07, 6.45) is -15.0. The van der Waals surface area contributed by atoms with Gasteiger partial charge in [0.05, 0.1) is 25.9 Å². The van der Waals surface area contributed by atoms with Crippen molar-refractivity contribution in [1.29, 1.82) is 0 Å². The molecule has 0 radical (unpaired) electrons. The number of nitrogen functional groups attached to an aromatic ring is 3. The predicted octanol–water partition coefficient (Wildman–Crippen LogP) is -3.52. The maximum absolute atomic E-state index is 13.5. The molecule has 0 aromatic carbocycles. The molecule has 3 unspecified atom stereocenters. The zero-order valence-electron chi connectivity index (χ0n) is 32.1. The van der Waals surface area contributed by atoms with Gasteiger partial charge in [0.2, 0.25) is 0 Å². The van der Waals surface area contributed by atoms with Crippen LogP contribution in [0.4, 0.5) is 17.5 Å². The molecule has 3 aliphatic heterocycles. The number of hydrogen-bond acceptors (Lipinski definition) is 26. The van der Waals surface area contributed by atoms with Crippen LogP contribution in [-0.2, 0) is 50.5 Å². The molecule has 32 nitrogen and oxygen atoms in total. The highest BCUT2D eigenvalue weighted by atomic mass is 31.2. The molecule has 64 heavy (non-hydrogen) atoms. The van der Waals surface area contributed by atoms with Gasteiger partial charge in [0.15, 0.2) is 41.6 Å². The third-order valence-electron chi connectivity index (χ3n) is 10.1. The molecule has 8 heterocycles. The number of aromatic nitrogens is 10. The summed E-state index contributed by atoms with van der Waals surface area (Å²) in [7, 11) is -14.1. The molecule has 0 spiro atoms. The lowest BCUT2D eigenvalue weighted by molar-refractivity contribution is -0.0627. The molecule has 5 aromatic heterocycles. The highest BCUT2D eigenvalue weighted by molar-refractivity contribution is 7.47. The topological polar surface area (TPSA) is 467 Å². The van der Waals surface area contributed by atoms with Gasteiger partial charge in [-0.25, -0.2) is 43.8 Å². The number of phosphoric ester groups is 2. The molecule has 8 rings (SSSR count). The van der Waals surface area contributed by atoms with E-state index in [0.29, 0.717) is 0 Å². The standard InChI is InChI=1S/C29H36N13O19P3/c30-13-1-2-40(29(47)39-13)27-18(45)21(61-63(50,51)55-4-10-16(43)17(44)26(57-10)41-8-37-14-22(31)33-6-35-24(14)41)12(59-27)5-56-64(52,53)60-20-11(3-54-62(48)49)58-28(19(20)46)42-9-38-15-23(32)34-7-36-25(15)42/h1-2,6-12,16-21,26-28,43-46H,3-5H2,(H8-,30,31,32,33,34,35,36,39,47,48,49,50,51,52,53)/p+1/t10-,11-,12-,16-,17-,18-,19-,20-,21-,26-,27-,28-/m1/s1. The summed E-state index contributed by atoms with van der Waals surface area (Å²) >= 11 is 0. The summed E-state index contributed by atoms with van der Waals surface area (Å²) in [4.78, 5) is 71.3. The predicted molar refractivity (Wildman–Crippen MR) is 205 cm³/mol. The van der Waals surface area contributed by atoms with Crippen LogP contribution >= 0.6 is 23.9 Å². The molecule has 0 aliphatic carbocycles. The minimum atomic E-state index is -5.43. The Morgan fingerprint density at radius 1 is 0.672 bits per heavy atom. The third kappa shape index (κ3) is 9.11. The van der Waals surface area contributed by atoms with E-state index in [9.17, 15) is 53.6 Å². The Morgan fingerprint density at radius 3 is 1.66 bits per heavy atom. The van der Waals surface area contributed by atoms with Crippen molar-refractivity contribution in [2.75, 3.05) is 37.0 Å². The van der Waals surface area contributed by atoms with Gasteiger partial charge in [0.1, 0.15) is 91.0 Å². The quantitative estimate of drug-likeness (QED) is 0.0428. The number of nitrogens with zero attached hydrogens (tertiary/aromatic N) is 10. The highest BCUT2D eigenvalue weighted by Crippen LogP contribution is 2.52. The van der Waals surface area contributed by atoms with Crippen LogP contribution in [0.25, 0.3) is 22.3 Å². The Bertz CT molecular complexity index is 2700. The zero-order valence-corrected chi connectivity index (χ0v) is 34.8. The van der Waals surface area contributed by atoms with Gasteiger partial charge in [0.25, 0.3) is 0 Å². The van der Waals surface area contributed by atoms with Crippen LogP contribution in [0.1, 0.15) is 18.7 Å². The van der Waals surface area contributed by atoms with Gasteiger partial charge >= 0.3 is 29.6 Å². The zero-order chi connectivity index (χ0) is 45.8. The third-order valence-corrected chi connectivity index (χ3v) is 12.4. The van der Waals surface area contributed by atoms with E-state index >= 15 is 0 Å². The molecule has 0 saturated carbocycles. The van der Waals surface area contributed by atoms with E-state index in [1.165, 1.54) is 15.5 Å². The molecule has 3 fully saturated rings. The van der Waals surface area contributed by atoms with E-state index in [-0.39, 0.29) is 39.8 Å². The van der Waals surface area contributed by atoms with Crippen molar-refractivity contribution in [2.24, 2.45) is 0 Å². The van der Waals surface area contributed by atoms with Crippen molar-refractivity contribution in [3.05, 3.63) is 48.1 Å². The number of ether oxygens (including phenoxy) is 3. The normalized spacial score (nSPS) is 31.7. The Kier molecular flexibility index (Phi) is 12.9. The summed E-state index contributed by atoms with van der Waals surface area (Å²) in [5.41, 5.74) is 16.7. The van der Waals surface area contributed by atoms with E-state index in [1.54, 1.807) is 0 Å². The Hall–Kier alpha value is -4.66. The summed E-state index contributed by atoms with van der Waals surface area (Å²) in [6, 6.07) is 1.15. The molecule has 15 atom stereocenters. The molecule has 13 N–H and O–H groups in total. The number of imidazole rings is 2. The number of anilines is 3. The van der Waals surface area contributed by atoms with Gasteiger partial charge in [0, 0.05) is 10.8 Å². The molecule has 5 aromatic rings. The molecule has 346 valence electrons. The largest absolute Gasteiger partial charge is 0.694 e. The van der Waals surface area contributed by atoms with Gasteiger partial charge in [-0.2, -0.15) is 4.98 Å². The van der Waals surface area contributed by atoms with Crippen molar-refractivity contribution >= 4 is 63.7 Å². The van der Waals surface area contributed by atoms with Crippen molar-refractivity contribution in [3.63, 3.8) is 0 Å². The first-order chi connectivity index (χ1) is 30.3. The first-order valence-corrected chi connectivity index (χ1v) is 22.4. The van der Waals surface area contributed by atoms with E-state index in [4.69, 9.17) is 54.0 Å². The Morgan fingerprint density at radius 2 is 1.14 bits per heavy atom. The van der Waals surface area contributed by atoms with E-state index in [2.05, 4.69) is 34.9 Å². The molecular formula is C29H37N13O19P3+. The molecule has 35 heteroatoms. The summed E-state index contributed by atoms with van der Waals surface area (Å²) in [5.74, 6) is -0.232. The van der Waals surface area contributed by atoms with Crippen LogP contribution in [0.3, 0.4) is 0 Å². The van der Waals surface area contributed by atoms with Crippen LogP contribution in [0.15, 0.2) is 42.4 Å². The lowest BCUT2D eigenvalue weighted by Crippen LogP contribution is -2.38. The maximum atomic E-state index is 13.5. The number of aliphatic hydroxyl groups excluding tert-OH is 4. The minimum absolute atomic E-state index is 0.0164. The van der Waals surface area contributed by atoms with E-state index < -0.39 is 123 Å². The molecule has 3 saturated heterocycles. The fourth-order valence-electron chi connectivity index (χ4n) is 7.10. The maximum Gasteiger partial charge on any atom is 0.694 e. The van der Waals surface area contributed by atoms with Crippen molar-refractivity contribution in [3.8, 4) is 0 Å². The Labute approximate surface area is 356 Å². The fourth-order valence-corrected chi connectivity index (χ4v) is 9.30. The monoisotopic (exact) mass is 964 g/mol. The molecular weight excluding hydrogens is 927 g/mol. The lowest BCUT2D eigenvalue weighted by atomic mass is 10.1. The fraction of sp³-hybridized carbons (Fsp3) is 0.517. The number of nitrogens with two attached hydrogens (primary N) is 3. The number of hydrogen-bond donors (Lipinski definition) is 10. The van der Waals surface area contributed by atoms with Gasteiger partial charge < -0.3 is 61.6 Å². The highest BCUT2D eigenvalue weighted by Gasteiger charge is 2.53. The number of phosphoric acid groups is 2. The number of aliphatic hydroxyl groups is 4. The van der Waals surface area contributed by atoms with Crippen molar-refractivity contribution in [2.45, 2.75) is 73.6 Å². The van der Waals surface area contributed by atoms with Gasteiger partial charge in [-0.1, -0.05) is 0 Å². The van der Waals surface area contributed by atoms with Crippen molar-refractivity contribution in [1.82, 2.24) is 48.6 Å². The number of rotatable bonds is 16. The summed E-state index contributed by atoms with van der Waals surface area (Å²) in [6.45, 7) is -2.81. The summed E-state index contributed by atoms with van der Waals surface area (Å²) in [5, 5.41) is 44.2. The smallest absolute Gasteiger partial charge is 0.387 e. The van der Waals surface area contributed by atoms with Crippen LogP contribution in [-0.4, -0.2) is 158 Å². The van der Waals surface area contributed by atoms with E-state index in [0.717, 1.165) is 35.8 Å². The molecule has 0 bridgehead atoms. The molecule has 0 amide bonds. The minimum Gasteiger partial charge on any atom is -0.387 e. The van der Waals surface area contributed by atoms with Gasteiger partial charge in [-0.3, -0.25) is 31.8 Å². The average molecular weight is 965 g/mol. The van der Waals surface area contributed by atoms with Crippen molar-refractivity contribution < 1.29 is 85.6 Å². The van der Waals surface area contributed by atoms with Gasteiger partial charge in [-0.05, 0) is 6.07 Å². The summed E-state index contributed by atoms with van der Waals surface area (Å²) < 4.78 is 84.3. The van der Waals surface area contributed by atoms with E-state index in [1.807, 2.05) is 0 Å². The first kappa shape index (κ1) is 45.9. The second-order valence-corrected chi connectivity index (χ2v) is 17.6. The number of fused-ring (bicyclic) bond motifs is 2. The van der Waals surface area contributed by atoms with Crippen LogP contribution in [0, 0.1) is 0 Å². The van der Waals surface area contributed by atoms with Crippen LogP contribution in [0.5, 0.6) is 0 Å². The lowest BCUT2D eigenvalue weighted by Gasteiger charge is -2.25. The second kappa shape index (κ2) is 18.0. The first-order valence-electron chi connectivity index (χ1n) is 18.3. The average Bonchev–Trinajstić information content (AvgIpc) is 4.05. The second-order valence-electron chi connectivity index (χ2n) is 14.1. The molecule has 3 aliphatic rings. The van der Waals surface area contributed by atoms with Crippen LogP contribution < -0.4 is 22.9 Å². The van der Waals surface area contributed by atoms with Gasteiger partial charge in [-0.15, -0.1) is 9.42 Å². The SMILES string of the molecule is Nc1ccn([C@@H]2O[C@H](COP(=O)(O)O[C@H]3[C@@H](O)[C@H](n4cnc5c(N)ncnc54)O[C@@H]3CO[P+](=O)O)[C@@H](OP(=O)(O)OC[C@H]3O[C@@H](n4cnc5c(N)ncnc54)[C@H](O)[C@@H]3O)[C@H]2O)c(=O)n1. The Balaban J connectivity index is 0.977. The van der Waals surface area contributed by atoms with Crippen LogP contribution in [0.2, 0.25) is 0 Å².